The Hall–Kier alpha value is -1.37. The zero-order chi connectivity index (χ0) is 18.5. The molecule has 26 heavy (non-hydrogen) atoms. The Labute approximate surface area is 163 Å². The van der Waals surface area contributed by atoms with Crippen molar-refractivity contribution in [3.8, 4) is 0 Å². The van der Waals surface area contributed by atoms with Crippen molar-refractivity contribution in [2.24, 2.45) is 11.7 Å². The minimum atomic E-state index is -0.612. The molecule has 142 valence electrons. The van der Waals surface area contributed by atoms with Crippen LogP contribution < -0.4 is 11.1 Å². The third-order valence-electron chi connectivity index (χ3n) is 5.31. The van der Waals surface area contributed by atoms with Crippen LogP contribution in [0.3, 0.4) is 0 Å². The highest BCUT2D eigenvalue weighted by Gasteiger charge is 2.17. The van der Waals surface area contributed by atoms with E-state index in [4.69, 9.17) is 5.73 Å². The summed E-state index contributed by atoms with van der Waals surface area (Å²) in [4.78, 5) is 12.5. The van der Waals surface area contributed by atoms with E-state index in [0.29, 0.717) is 18.9 Å². The highest BCUT2D eigenvalue weighted by atomic mass is 79.9. The molecule has 3 rings (SSSR count). The van der Waals surface area contributed by atoms with E-state index in [0.717, 1.165) is 27.5 Å². The van der Waals surface area contributed by atoms with Gasteiger partial charge in [0.2, 0.25) is 5.91 Å². The molecule has 2 aromatic rings. The number of rotatable bonds is 7. The predicted octanol–water partition coefficient (Wildman–Crippen LogP) is 4.02. The number of hydrogen-bond donors (Lipinski definition) is 3. The second-order valence-electron chi connectivity index (χ2n) is 7.31. The number of nitrogens with two attached hydrogens (primary N) is 1. The third-order valence-corrected chi connectivity index (χ3v) is 5.97. The van der Waals surface area contributed by atoms with Crippen molar-refractivity contribution in [1.82, 2.24) is 4.57 Å². The number of amides is 1. The van der Waals surface area contributed by atoms with Gasteiger partial charge in [0.25, 0.3) is 0 Å². The lowest BCUT2D eigenvalue weighted by Gasteiger charge is -2.20. The molecule has 1 aliphatic carbocycles. The predicted molar refractivity (Wildman–Crippen MR) is 109 cm³/mol. The summed E-state index contributed by atoms with van der Waals surface area (Å²) < 4.78 is 2.88. The Bertz CT molecular complexity index is 753. The summed E-state index contributed by atoms with van der Waals surface area (Å²) in [5, 5.41) is 14.0. The van der Waals surface area contributed by atoms with E-state index in [1.54, 1.807) is 0 Å². The molecule has 0 saturated heterocycles. The minimum absolute atomic E-state index is 0.0600. The first kappa shape index (κ1) is 19.4. The van der Waals surface area contributed by atoms with Gasteiger partial charge in [0.05, 0.1) is 17.3 Å². The van der Waals surface area contributed by atoms with Crippen LogP contribution in [0.15, 0.2) is 28.9 Å². The van der Waals surface area contributed by atoms with Gasteiger partial charge >= 0.3 is 0 Å². The molecule has 1 amide bonds. The molecule has 4 N–H and O–H groups in total. The average molecular weight is 422 g/mol. The Kier molecular flexibility index (Phi) is 6.73. The molecule has 0 radical (unpaired) electrons. The highest BCUT2D eigenvalue weighted by Crippen LogP contribution is 2.33. The SMILES string of the molecule is NCC(O)Cn1cc(NC(=O)CCC2CCCCC2)c2c(Br)cccc21. The molecular formula is C20H28BrN3O2. The first-order valence-corrected chi connectivity index (χ1v) is 10.3. The van der Waals surface area contributed by atoms with Gasteiger partial charge in [-0.15, -0.1) is 0 Å². The molecule has 0 spiro atoms. The molecule has 6 heteroatoms. The fourth-order valence-corrected chi connectivity index (χ4v) is 4.45. The van der Waals surface area contributed by atoms with E-state index in [1.165, 1.54) is 32.1 Å². The monoisotopic (exact) mass is 421 g/mol. The van der Waals surface area contributed by atoms with Gasteiger partial charge in [-0.05, 0) is 24.5 Å². The number of aliphatic hydroxyl groups excluding tert-OH is 1. The number of fused-ring (bicyclic) bond motifs is 1. The van der Waals surface area contributed by atoms with Crippen molar-refractivity contribution in [2.45, 2.75) is 57.6 Å². The smallest absolute Gasteiger partial charge is 0.224 e. The first-order valence-electron chi connectivity index (χ1n) is 9.54. The maximum Gasteiger partial charge on any atom is 0.224 e. The number of anilines is 1. The van der Waals surface area contributed by atoms with Gasteiger partial charge in [0, 0.05) is 35.6 Å². The Morgan fingerprint density at radius 2 is 2.12 bits per heavy atom. The number of hydrogen-bond acceptors (Lipinski definition) is 3. The average Bonchev–Trinajstić information content (AvgIpc) is 2.99. The molecule has 1 saturated carbocycles. The third kappa shape index (κ3) is 4.67. The van der Waals surface area contributed by atoms with Crippen LogP contribution in [0, 0.1) is 5.92 Å². The summed E-state index contributed by atoms with van der Waals surface area (Å²) in [6, 6.07) is 5.90. The number of nitrogens with one attached hydrogen (secondary N) is 1. The van der Waals surface area contributed by atoms with Crippen molar-refractivity contribution in [3.05, 3.63) is 28.9 Å². The lowest BCUT2D eigenvalue weighted by molar-refractivity contribution is -0.116. The molecule has 1 fully saturated rings. The van der Waals surface area contributed by atoms with Gasteiger partial charge in [0.1, 0.15) is 0 Å². The standard InChI is InChI=1S/C20H28BrN3O2/c21-16-7-4-8-18-20(16)17(13-24(18)12-15(25)11-22)23-19(26)10-9-14-5-2-1-3-6-14/h4,7-8,13-15,25H,1-3,5-6,9-12,22H2,(H,23,26). The molecule has 1 atom stereocenters. The molecule has 1 aliphatic rings. The fourth-order valence-electron chi connectivity index (χ4n) is 3.88. The van der Waals surface area contributed by atoms with Crippen molar-refractivity contribution < 1.29 is 9.90 Å². The number of aliphatic hydroxyl groups is 1. The van der Waals surface area contributed by atoms with Crippen LogP contribution in [-0.4, -0.2) is 28.2 Å². The van der Waals surface area contributed by atoms with Gasteiger partial charge < -0.3 is 20.7 Å². The van der Waals surface area contributed by atoms with Gasteiger partial charge in [-0.2, -0.15) is 0 Å². The normalized spacial score (nSPS) is 16.7. The second kappa shape index (κ2) is 9.02. The van der Waals surface area contributed by atoms with Gasteiger partial charge in [-0.3, -0.25) is 4.79 Å². The maximum absolute atomic E-state index is 12.5. The quantitative estimate of drug-likeness (QED) is 0.631. The van der Waals surface area contributed by atoms with E-state index in [-0.39, 0.29) is 12.5 Å². The lowest BCUT2D eigenvalue weighted by atomic mass is 9.86. The molecule has 5 nitrogen and oxygen atoms in total. The van der Waals surface area contributed by atoms with Gasteiger partial charge in [-0.25, -0.2) is 0 Å². The van der Waals surface area contributed by atoms with Gasteiger partial charge in [0.15, 0.2) is 0 Å². The topological polar surface area (TPSA) is 80.3 Å². The number of benzene rings is 1. The van der Waals surface area contributed by atoms with Crippen LogP contribution in [-0.2, 0) is 11.3 Å². The van der Waals surface area contributed by atoms with Crippen LogP contribution in [0.4, 0.5) is 5.69 Å². The van der Waals surface area contributed by atoms with E-state index in [9.17, 15) is 9.90 Å². The highest BCUT2D eigenvalue weighted by molar-refractivity contribution is 9.10. The van der Waals surface area contributed by atoms with Crippen LogP contribution in [0.2, 0.25) is 0 Å². The Morgan fingerprint density at radius 1 is 1.35 bits per heavy atom. The van der Waals surface area contributed by atoms with Crippen LogP contribution in [0.1, 0.15) is 44.9 Å². The molecule has 1 heterocycles. The lowest BCUT2D eigenvalue weighted by Crippen LogP contribution is -2.24. The van der Waals surface area contributed by atoms with Crippen molar-refractivity contribution in [3.63, 3.8) is 0 Å². The van der Waals surface area contributed by atoms with Gasteiger partial charge in [-0.1, -0.05) is 54.1 Å². The van der Waals surface area contributed by atoms with E-state index in [1.807, 2.05) is 29.0 Å². The summed E-state index contributed by atoms with van der Waals surface area (Å²) in [6.45, 7) is 0.609. The Morgan fingerprint density at radius 3 is 2.85 bits per heavy atom. The van der Waals surface area contributed by atoms with E-state index < -0.39 is 6.10 Å². The summed E-state index contributed by atoms with van der Waals surface area (Å²) in [5.41, 5.74) is 7.30. The van der Waals surface area contributed by atoms with E-state index in [2.05, 4.69) is 21.2 Å². The van der Waals surface area contributed by atoms with E-state index >= 15 is 0 Å². The first-order chi connectivity index (χ1) is 12.6. The zero-order valence-electron chi connectivity index (χ0n) is 15.1. The zero-order valence-corrected chi connectivity index (χ0v) is 16.7. The van der Waals surface area contributed by atoms with Crippen LogP contribution in [0.5, 0.6) is 0 Å². The van der Waals surface area contributed by atoms with Crippen molar-refractivity contribution in [1.29, 1.82) is 0 Å². The number of carbonyl (C=O) groups excluding carboxylic acids is 1. The molecular weight excluding hydrogens is 394 g/mol. The summed E-state index contributed by atoms with van der Waals surface area (Å²) in [5.74, 6) is 0.757. The number of carbonyl (C=O) groups is 1. The second-order valence-corrected chi connectivity index (χ2v) is 8.16. The fraction of sp³-hybridized carbons (Fsp3) is 0.550. The minimum Gasteiger partial charge on any atom is -0.390 e. The molecule has 0 aliphatic heterocycles. The molecule has 1 aromatic carbocycles. The largest absolute Gasteiger partial charge is 0.390 e. The Balaban J connectivity index is 1.73. The van der Waals surface area contributed by atoms with Crippen LogP contribution in [0.25, 0.3) is 10.9 Å². The summed E-state index contributed by atoms with van der Waals surface area (Å²) in [6.07, 6.45) is 9.28. The number of nitrogens with zero attached hydrogens (tertiary/aromatic N) is 1. The molecule has 0 bridgehead atoms. The number of aromatic nitrogens is 1. The van der Waals surface area contributed by atoms with Crippen molar-refractivity contribution >= 4 is 38.4 Å². The van der Waals surface area contributed by atoms with Crippen molar-refractivity contribution in [2.75, 3.05) is 11.9 Å². The summed E-state index contributed by atoms with van der Waals surface area (Å²) in [7, 11) is 0. The molecule has 1 aromatic heterocycles. The van der Waals surface area contributed by atoms with Crippen LogP contribution >= 0.6 is 15.9 Å². The summed E-state index contributed by atoms with van der Waals surface area (Å²) >= 11 is 3.58. The molecule has 1 unspecified atom stereocenters. The maximum atomic E-state index is 12.5. The number of halogens is 1.